The van der Waals surface area contributed by atoms with E-state index < -0.39 is 0 Å². The lowest BCUT2D eigenvalue weighted by Gasteiger charge is -2.26. The van der Waals surface area contributed by atoms with E-state index in [0.717, 1.165) is 162 Å². The molecule has 0 bridgehead atoms. The number of thiophene rings is 1. The topological polar surface area (TPSA) is 100 Å². The van der Waals surface area contributed by atoms with E-state index in [4.69, 9.17) is 29.9 Å². The molecule has 0 aliphatic rings. The molecule has 0 radical (unpaired) electrons. The Morgan fingerprint density at radius 1 is 0.150 bits per heavy atom. The van der Waals surface area contributed by atoms with Gasteiger partial charge in [0, 0.05) is 155 Å². The maximum absolute atomic E-state index is 5.08. The molecule has 0 N–H and O–H groups in total. The van der Waals surface area contributed by atoms with Gasteiger partial charge in [-0.1, -0.05) is 279 Å². The van der Waals surface area contributed by atoms with Gasteiger partial charge in [-0.25, -0.2) is 29.9 Å². The zero-order valence-corrected chi connectivity index (χ0v) is 72.9. The lowest BCUT2D eigenvalue weighted by Crippen LogP contribution is -2.09. The Morgan fingerprint density at radius 3 is 0.639 bits per heavy atom. The highest BCUT2D eigenvalue weighted by Gasteiger charge is 2.26. The first kappa shape index (κ1) is 79.8. The van der Waals surface area contributed by atoms with E-state index in [1.807, 2.05) is 133 Å². The van der Waals surface area contributed by atoms with Crippen molar-refractivity contribution in [3.63, 3.8) is 0 Å². The van der Waals surface area contributed by atoms with Crippen molar-refractivity contribution in [2.45, 2.75) is 0 Å². The summed E-state index contributed by atoms with van der Waals surface area (Å²) in [6.45, 7) is 0. The van der Waals surface area contributed by atoms with Gasteiger partial charge in [-0.15, -0.1) is 11.3 Å². The van der Waals surface area contributed by atoms with Crippen LogP contribution in [0.1, 0.15) is 0 Å². The van der Waals surface area contributed by atoms with E-state index in [2.05, 4.69) is 405 Å². The summed E-state index contributed by atoms with van der Waals surface area (Å²) in [6.07, 6.45) is 0. The average Bonchev–Trinajstić information content (AvgIpc) is 1.58. The van der Waals surface area contributed by atoms with E-state index in [1.165, 1.54) is 14.8 Å². The van der Waals surface area contributed by atoms with Gasteiger partial charge in [-0.2, -0.15) is 0 Å². The number of benzene rings is 19. The Labute approximate surface area is 773 Å². The number of aromatic nitrogens is 8. The Bertz CT molecular complexity index is 7740. The second kappa shape index (κ2) is 35.5. The van der Waals surface area contributed by atoms with Crippen LogP contribution in [0.25, 0.3) is 143 Å². The number of nitrogens with zero attached hydrogens (tertiary/aromatic N) is 12. The highest BCUT2D eigenvalue weighted by Crippen LogP contribution is 2.48. The van der Waals surface area contributed by atoms with Gasteiger partial charge in [0.05, 0.1) is 22.1 Å². The fourth-order valence-electron chi connectivity index (χ4n) is 18.2. The fraction of sp³-hybridized carbons (Fsp3) is 0. The fourth-order valence-corrected chi connectivity index (χ4v) is 19.3. The van der Waals surface area contributed by atoms with Crippen LogP contribution in [0.15, 0.2) is 497 Å². The van der Waals surface area contributed by atoms with Crippen LogP contribution < -0.4 is 19.6 Å². The molecule has 0 spiro atoms. The van der Waals surface area contributed by atoms with Gasteiger partial charge in [0.25, 0.3) is 0 Å². The summed E-state index contributed by atoms with van der Waals surface area (Å²) in [4.78, 5) is 39.6. The summed E-state index contributed by atoms with van der Waals surface area (Å²) >= 11 is 1.81. The molecule has 24 aromatic rings. The average molecular weight is 1720 g/mol. The standard InChI is InChI=1S/C63H42N6S.C57H40N6/c1-7-19-43(20-8-1)61-64-62(44-21-9-2-10-22-44)66-63(65-61)45-31-37-59-55(39-45)56-42-52(34-38-60(56)70-59)69-57-35-32-50(67(46-23-11-3-12-24-46)47-25-13-4-14-26-47)40-53(57)54-41-51(33-36-58(54)69)68(48-27-15-5-16-28-48)49-29-17-6-18-30-49;1-7-20-41(21-8-1)55-58-56(42-22-9-2-10-23-42)60-57(59-55)43-24-19-33-48(38-43)63-53-36-34-49(61(44-25-11-3-12-26-44)45-27-13-4-14-28-45)39-51(53)52-40-50(35-37-54(52)63)62(46-29-15-5-16-30-46)47-31-17-6-18-32-47/h1-42H;1-40H. The summed E-state index contributed by atoms with van der Waals surface area (Å²) in [7, 11) is 0. The van der Waals surface area contributed by atoms with Crippen molar-refractivity contribution in [3.8, 4) is 79.7 Å². The number of hydrogen-bond donors (Lipinski definition) is 0. The zero-order chi connectivity index (χ0) is 88.3. The third kappa shape index (κ3) is 15.7. The molecule has 24 rings (SSSR count). The SMILES string of the molecule is c1ccc(-c2nc(-c3ccccc3)nc(-c3ccc4sc5ccc(-n6c7ccc(N(c8ccccc8)c8ccccc8)cc7c7cc(N(c8ccccc8)c8ccccc8)ccc76)cc5c4c3)n2)cc1.c1ccc(-c2nc(-c3ccccc3)nc(-c3cccc(-n4c5ccc(N(c6ccccc6)c6ccccc6)cc5c5cc(N(c6ccccc6)c6ccccc6)ccc54)c3)n2)cc1. The Kier molecular flexibility index (Phi) is 21.3. The molecule has 0 saturated carbocycles. The Hall–Kier alpha value is -17.8. The summed E-state index contributed by atoms with van der Waals surface area (Å²) < 4.78 is 7.22. The van der Waals surface area contributed by atoms with Gasteiger partial charge in [-0.3, -0.25) is 0 Å². The minimum absolute atomic E-state index is 0.609. The molecule has 0 saturated heterocycles. The first-order chi connectivity index (χ1) is 65.9. The number of fused-ring (bicyclic) bond motifs is 9. The molecule has 133 heavy (non-hydrogen) atoms. The van der Waals surface area contributed by atoms with E-state index in [0.29, 0.717) is 34.9 Å². The van der Waals surface area contributed by atoms with Gasteiger partial charge >= 0.3 is 0 Å². The van der Waals surface area contributed by atoms with Gasteiger partial charge in [0.2, 0.25) is 0 Å². The molecule has 12 nitrogen and oxygen atoms in total. The molecular weight excluding hydrogens is 1640 g/mol. The van der Waals surface area contributed by atoms with Crippen molar-refractivity contribution < 1.29 is 0 Å². The van der Waals surface area contributed by atoms with Crippen molar-refractivity contribution in [1.82, 2.24) is 39.0 Å². The van der Waals surface area contributed by atoms with Crippen LogP contribution in [0.3, 0.4) is 0 Å². The highest BCUT2D eigenvalue weighted by atomic mass is 32.1. The molecule has 19 aromatic carbocycles. The van der Waals surface area contributed by atoms with Crippen molar-refractivity contribution in [1.29, 1.82) is 0 Å². The third-order valence-corrected chi connectivity index (χ3v) is 25.5. The first-order valence-electron chi connectivity index (χ1n) is 44.5. The third-order valence-electron chi connectivity index (χ3n) is 24.3. The Balaban J connectivity index is 0.000000151. The van der Waals surface area contributed by atoms with E-state index >= 15 is 0 Å². The van der Waals surface area contributed by atoms with Crippen LogP contribution in [0.5, 0.6) is 0 Å². The van der Waals surface area contributed by atoms with Crippen LogP contribution in [0, 0.1) is 0 Å². The maximum Gasteiger partial charge on any atom is 0.164 e. The van der Waals surface area contributed by atoms with Gasteiger partial charge in [0.1, 0.15) is 0 Å². The maximum atomic E-state index is 5.08. The summed E-state index contributed by atoms with van der Waals surface area (Å²) in [5.41, 5.74) is 25.1. The molecule has 0 atom stereocenters. The van der Waals surface area contributed by atoms with Crippen LogP contribution in [0.4, 0.5) is 68.2 Å². The van der Waals surface area contributed by atoms with Crippen LogP contribution in [-0.4, -0.2) is 39.0 Å². The molecule has 5 aromatic heterocycles. The van der Waals surface area contributed by atoms with Gasteiger partial charge in [0.15, 0.2) is 34.9 Å². The van der Waals surface area contributed by atoms with Crippen LogP contribution in [-0.2, 0) is 0 Å². The first-order valence-corrected chi connectivity index (χ1v) is 45.4. The number of rotatable bonds is 20. The monoisotopic (exact) mass is 1720 g/mol. The highest BCUT2D eigenvalue weighted by molar-refractivity contribution is 7.25. The lowest BCUT2D eigenvalue weighted by atomic mass is 10.1. The lowest BCUT2D eigenvalue weighted by molar-refractivity contribution is 1.07. The number of hydrogen-bond acceptors (Lipinski definition) is 11. The molecule has 13 heteroatoms. The van der Waals surface area contributed by atoms with Crippen molar-refractivity contribution in [2.75, 3.05) is 19.6 Å². The van der Waals surface area contributed by atoms with Gasteiger partial charge < -0.3 is 28.7 Å². The van der Waals surface area contributed by atoms with E-state index in [-0.39, 0.29) is 0 Å². The number of anilines is 12. The summed E-state index contributed by atoms with van der Waals surface area (Å²) in [5.74, 6) is 3.79. The van der Waals surface area contributed by atoms with E-state index in [1.54, 1.807) is 0 Å². The summed E-state index contributed by atoms with van der Waals surface area (Å²) in [5, 5.41) is 6.92. The minimum Gasteiger partial charge on any atom is -0.310 e. The van der Waals surface area contributed by atoms with Crippen molar-refractivity contribution in [3.05, 3.63) is 497 Å². The molecule has 0 aliphatic heterocycles. The van der Waals surface area contributed by atoms with E-state index in [9.17, 15) is 0 Å². The van der Waals surface area contributed by atoms with Crippen LogP contribution >= 0.6 is 11.3 Å². The smallest absolute Gasteiger partial charge is 0.164 e. The second-order valence-electron chi connectivity index (χ2n) is 32.6. The molecule has 0 fully saturated rings. The summed E-state index contributed by atoms with van der Waals surface area (Å²) in [6, 6.07) is 175. The molecule has 5 heterocycles. The second-order valence-corrected chi connectivity index (χ2v) is 33.7. The molecular formula is C120H82N12S. The van der Waals surface area contributed by atoms with Crippen molar-refractivity contribution >= 4 is 143 Å². The predicted octanol–water partition coefficient (Wildman–Crippen LogP) is 32.2. The largest absolute Gasteiger partial charge is 0.310 e. The Morgan fingerprint density at radius 2 is 0.368 bits per heavy atom. The predicted molar refractivity (Wildman–Crippen MR) is 553 cm³/mol. The van der Waals surface area contributed by atoms with Gasteiger partial charge in [-0.05, 0) is 218 Å². The number of para-hydroxylation sites is 8. The van der Waals surface area contributed by atoms with Crippen molar-refractivity contribution in [2.24, 2.45) is 0 Å². The molecule has 0 aliphatic carbocycles. The zero-order valence-electron chi connectivity index (χ0n) is 72.1. The quantitative estimate of drug-likeness (QED) is 0.0733. The van der Waals surface area contributed by atoms with Crippen LogP contribution in [0.2, 0.25) is 0 Å². The molecule has 628 valence electrons. The molecule has 0 unspecified atom stereocenters. The molecule has 0 amide bonds. The normalized spacial score (nSPS) is 11.3. The minimum atomic E-state index is 0.609.